The molecule has 0 spiro atoms. The van der Waals surface area contributed by atoms with Gasteiger partial charge in [-0.25, -0.2) is 4.98 Å². The van der Waals surface area contributed by atoms with E-state index in [0.29, 0.717) is 12.0 Å². The molecule has 1 saturated heterocycles. The number of hydrogen-bond acceptors (Lipinski definition) is 4. The summed E-state index contributed by atoms with van der Waals surface area (Å²) >= 11 is 0. The van der Waals surface area contributed by atoms with Crippen molar-refractivity contribution in [2.45, 2.75) is 39.2 Å². The van der Waals surface area contributed by atoms with Crippen molar-refractivity contribution in [3.63, 3.8) is 0 Å². The number of aromatic amines is 1. The van der Waals surface area contributed by atoms with Gasteiger partial charge in [-0.2, -0.15) is 0 Å². The molecule has 1 aromatic rings. The smallest absolute Gasteiger partial charge is 0.255 e. The molecule has 0 radical (unpaired) electrons. The number of nitrogens with one attached hydrogen (secondary N) is 3. The fourth-order valence-corrected chi connectivity index (χ4v) is 2.26. The Bertz CT molecular complexity index is 435. The van der Waals surface area contributed by atoms with Gasteiger partial charge in [0.05, 0.1) is 0 Å². The maximum absolute atomic E-state index is 11.8. The van der Waals surface area contributed by atoms with Crippen LogP contribution in [0.2, 0.25) is 0 Å². The van der Waals surface area contributed by atoms with Crippen LogP contribution in [0.5, 0.6) is 0 Å². The number of aryl methyl sites for hydroxylation is 1. The predicted molar refractivity (Wildman–Crippen MR) is 68.5 cm³/mol. The highest BCUT2D eigenvalue weighted by Crippen LogP contribution is 2.08. The minimum atomic E-state index is -0.0220. The van der Waals surface area contributed by atoms with Crippen LogP contribution in [0.15, 0.2) is 4.79 Å². The Kier molecular flexibility index (Phi) is 3.78. The molecule has 0 aliphatic carbocycles. The van der Waals surface area contributed by atoms with E-state index in [1.54, 1.807) is 0 Å². The van der Waals surface area contributed by atoms with Crippen LogP contribution in [0.4, 0.5) is 5.95 Å². The van der Waals surface area contributed by atoms with Gasteiger partial charge in [0.2, 0.25) is 5.95 Å². The minimum Gasteiger partial charge on any atom is -0.352 e. The number of aromatic nitrogens is 2. The van der Waals surface area contributed by atoms with E-state index in [1.165, 1.54) is 0 Å². The molecule has 1 aromatic heterocycles. The normalized spacial score (nSPS) is 20.2. The van der Waals surface area contributed by atoms with Gasteiger partial charge in [0.1, 0.15) is 0 Å². The van der Waals surface area contributed by atoms with E-state index in [1.807, 2.05) is 13.8 Å². The highest BCUT2D eigenvalue weighted by atomic mass is 16.1. The zero-order chi connectivity index (χ0) is 12.3. The first-order chi connectivity index (χ1) is 8.20. The molecule has 1 aliphatic rings. The second-order valence-electron chi connectivity index (χ2n) is 4.52. The zero-order valence-corrected chi connectivity index (χ0v) is 10.5. The highest BCUT2D eigenvalue weighted by Gasteiger charge is 2.14. The molecule has 1 aliphatic heterocycles. The maximum Gasteiger partial charge on any atom is 0.255 e. The quantitative estimate of drug-likeness (QED) is 0.726. The summed E-state index contributed by atoms with van der Waals surface area (Å²) in [6, 6.07) is 0.360. The second kappa shape index (κ2) is 5.31. The van der Waals surface area contributed by atoms with Gasteiger partial charge in [0.15, 0.2) is 0 Å². The fourth-order valence-electron chi connectivity index (χ4n) is 2.26. The summed E-state index contributed by atoms with van der Waals surface area (Å²) in [4.78, 5) is 19.0. The van der Waals surface area contributed by atoms with Crippen LogP contribution in [0.1, 0.15) is 31.0 Å². The van der Waals surface area contributed by atoms with E-state index in [2.05, 4.69) is 20.6 Å². The van der Waals surface area contributed by atoms with E-state index >= 15 is 0 Å². The van der Waals surface area contributed by atoms with Gasteiger partial charge in [-0.1, -0.05) is 6.92 Å². The minimum absolute atomic E-state index is 0.0220. The van der Waals surface area contributed by atoms with Crippen molar-refractivity contribution in [1.82, 2.24) is 15.3 Å². The molecule has 2 rings (SSSR count). The first-order valence-corrected chi connectivity index (χ1v) is 6.27. The second-order valence-corrected chi connectivity index (χ2v) is 4.52. The number of H-pyrrole nitrogens is 1. The Balaban J connectivity index is 2.13. The van der Waals surface area contributed by atoms with E-state index in [4.69, 9.17) is 0 Å². The van der Waals surface area contributed by atoms with Gasteiger partial charge in [-0.15, -0.1) is 0 Å². The number of anilines is 1. The first kappa shape index (κ1) is 12.1. The molecule has 5 heteroatoms. The van der Waals surface area contributed by atoms with E-state index < -0.39 is 0 Å². The van der Waals surface area contributed by atoms with Crippen LogP contribution in [0.25, 0.3) is 0 Å². The zero-order valence-electron chi connectivity index (χ0n) is 10.5. The molecule has 94 valence electrons. The van der Waals surface area contributed by atoms with Crippen LogP contribution in [0, 0.1) is 6.92 Å². The van der Waals surface area contributed by atoms with E-state index in [-0.39, 0.29) is 5.56 Å². The molecular formula is C12H20N4O. The predicted octanol–water partition coefficient (Wildman–Crippen LogP) is 0.805. The Labute approximate surface area is 101 Å². The van der Waals surface area contributed by atoms with Crippen LogP contribution >= 0.6 is 0 Å². The third-order valence-electron chi connectivity index (χ3n) is 3.21. The maximum atomic E-state index is 11.8. The molecular weight excluding hydrogens is 216 g/mol. The Morgan fingerprint density at radius 3 is 2.94 bits per heavy atom. The lowest BCUT2D eigenvalue weighted by Gasteiger charge is -2.24. The van der Waals surface area contributed by atoms with Gasteiger partial charge >= 0.3 is 0 Å². The fraction of sp³-hybridized carbons (Fsp3) is 0.667. The summed E-state index contributed by atoms with van der Waals surface area (Å²) in [5, 5.41) is 6.61. The average molecular weight is 236 g/mol. The number of piperidine rings is 1. The van der Waals surface area contributed by atoms with Gasteiger partial charge in [-0.05, 0) is 32.7 Å². The van der Waals surface area contributed by atoms with Crippen molar-refractivity contribution in [2.24, 2.45) is 0 Å². The molecule has 1 fully saturated rings. The summed E-state index contributed by atoms with van der Waals surface area (Å²) < 4.78 is 0. The molecule has 1 unspecified atom stereocenters. The largest absolute Gasteiger partial charge is 0.352 e. The number of hydrogen-bond donors (Lipinski definition) is 3. The highest BCUT2D eigenvalue weighted by molar-refractivity contribution is 5.30. The van der Waals surface area contributed by atoms with E-state index in [9.17, 15) is 4.79 Å². The lowest BCUT2D eigenvalue weighted by molar-refractivity contribution is 0.477. The van der Waals surface area contributed by atoms with Crippen LogP contribution in [0.3, 0.4) is 0 Å². The first-order valence-electron chi connectivity index (χ1n) is 6.27. The number of nitrogens with zero attached hydrogens (tertiary/aromatic N) is 1. The molecule has 5 nitrogen and oxygen atoms in total. The molecule has 0 amide bonds. The SMILES string of the molecule is CCc1c(C)nc(NC2CCCNC2)[nH]c1=O. The molecule has 0 bridgehead atoms. The topological polar surface area (TPSA) is 69.8 Å². The monoisotopic (exact) mass is 236 g/mol. The lowest BCUT2D eigenvalue weighted by Crippen LogP contribution is -2.39. The van der Waals surface area contributed by atoms with Crippen molar-refractivity contribution >= 4 is 5.95 Å². The molecule has 0 saturated carbocycles. The standard InChI is InChI=1S/C12H20N4O/c1-3-10-8(2)14-12(16-11(10)17)15-9-5-4-6-13-7-9/h9,13H,3-7H2,1-2H3,(H2,14,15,16,17). The summed E-state index contributed by atoms with van der Waals surface area (Å²) in [7, 11) is 0. The third kappa shape index (κ3) is 2.85. The van der Waals surface area contributed by atoms with Crippen LogP contribution in [-0.2, 0) is 6.42 Å². The summed E-state index contributed by atoms with van der Waals surface area (Å²) in [6.07, 6.45) is 3.00. The van der Waals surface area contributed by atoms with Crippen molar-refractivity contribution in [3.05, 3.63) is 21.6 Å². The summed E-state index contributed by atoms with van der Waals surface area (Å²) in [6.45, 7) is 5.87. The molecule has 2 heterocycles. The van der Waals surface area contributed by atoms with Crippen molar-refractivity contribution in [3.8, 4) is 0 Å². The molecule has 17 heavy (non-hydrogen) atoms. The Hall–Kier alpha value is -1.36. The molecule has 0 aromatic carbocycles. The van der Waals surface area contributed by atoms with E-state index in [0.717, 1.165) is 43.6 Å². The number of rotatable bonds is 3. The van der Waals surface area contributed by atoms with Crippen molar-refractivity contribution in [1.29, 1.82) is 0 Å². The van der Waals surface area contributed by atoms with Gasteiger partial charge in [0, 0.05) is 23.8 Å². The van der Waals surface area contributed by atoms with Crippen molar-refractivity contribution in [2.75, 3.05) is 18.4 Å². The van der Waals surface area contributed by atoms with Gasteiger partial charge < -0.3 is 10.6 Å². The molecule has 3 N–H and O–H groups in total. The van der Waals surface area contributed by atoms with Crippen molar-refractivity contribution < 1.29 is 0 Å². The van der Waals surface area contributed by atoms with Crippen LogP contribution in [-0.4, -0.2) is 29.1 Å². The van der Waals surface area contributed by atoms with Gasteiger partial charge in [0.25, 0.3) is 5.56 Å². The Morgan fingerprint density at radius 1 is 1.53 bits per heavy atom. The van der Waals surface area contributed by atoms with Crippen LogP contribution < -0.4 is 16.2 Å². The Morgan fingerprint density at radius 2 is 2.35 bits per heavy atom. The summed E-state index contributed by atoms with van der Waals surface area (Å²) in [5.74, 6) is 0.596. The third-order valence-corrected chi connectivity index (χ3v) is 3.21. The average Bonchev–Trinajstić information content (AvgIpc) is 2.30. The molecule has 1 atom stereocenters. The van der Waals surface area contributed by atoms with Gasteiger partial charge in [-0.3, -0.25) is 9.78 Å². The lowest BCUT2D eigenvalue weighted by atomic mass is 10.1. The summed E-state index contributed by atoms with van der Waals surface area (Å²) in [5.41, 5.74) is 1.58.